The smallest absolute Gasteiger partial charge is 0.336 e. The van der Waals surface area contributed by atoms with E-state index in [9.17, 15) is 14.7 Å². The molecule has 0 unspecified atom stereocenters. The SMILES string of the molecule is COc1ccc(C(=O)/C(Cc2ccc3ccccc3c2)=C(\C(=O)O)c2ccc3c(c2)OCO3)cc1. The standard InChI is InChI=1S/C29H22O6/c1-33-23-11-8-20(9-12-23)28(30)24(15-18-6-7-19-4-2-3-5-21(19)14-18)27(29(31)32)22-10-13-25-26(16-22)35-17-34-25/h2-14,16H,15,17H2,1H3,(H,31,32)/b27-24-. The zero-order valence-corrected chi connectivity index (χ0v) is 19.0. The van der Waals surface area contributed by atoms with Gasteiger partial charge < -0.3 is 19.3 Å². The molecule has 0 bridgehead atoms. The Bertz CT molecular complexity index is 1470. The number of carboxylic acids is 1. The number of carbonyl (C=O) groups is 2. The van der Waals surface area contributed by atoms with Crippen molar-refractivity contribution in [2.24, 2.45) is 0 Å². The van der Waals surface area contributed by atoms with Crippen LogP contribution in [0.2, 0.25) is 0 Å². The minimum absolute atomic E-state index is 0.0691. The van der Waals surface area contributed by atoms with E-state index >= 15 is 0 Å². The van der Waals surface area contributed by atoms with Crippen LogP contribution in [0, 0.1) is 0 Å². The predicted octanol–water partition coefficient (Wildman–Crippen LogP) is 5.54. The van der Waals surface area contributed by atoms with Gasteiger partial charge in [0.25, 0.3) is 0 Å². The van der Waals surface area contributed by atoms with Gasteiger partial charge in [-0.2, -0.15) is 0 Å². The molecule has 174 valence electrons. The molecule has 35 heavy (non-hydrogen) atoms. The third kappa shape index (κ3) is 4.46. The molecule has 0 amide bonds. The molecule has 0 saturated heterocycles. The van der Waals surface area contributed by atoms with E-state index in [0.29, 0.717) is 28.4 Å². The lowest BCUT2D eigenvalue weighted by molar-refractivity contribution is -0.130. The monoisotopic (exact) mass is 466 g/mol. The number of carbonyl (C=O) groups excluding carboxylic acids is 1. The van der Waals surface area contributed by atoms with Crippen LogP contribution < -0.4 is 14.2 Å². The second-order valence-electron chi connectivity index (χ2n) is 8.14. The summed E-state index contributed by atoms with van der Waals surface area (Å²) in [6.07, 6.45) is 0.145. The van der Waals surface area contributed by atoms with E-state index in [-0.39, 0.29) is 30.1 Å². The van der Waals surface area contributed by atoms with Crippen molar-refractivity contribution in [2.45, 2.75) is 6.42 Å². The molecule has 0 aliphatic carbocycles. The molecule has 1 N–H and O–H groups in total. The molecule has 0 saturated carbocycles. The van der Waals surface area contributed by atoms with Crippen LogP contribution in [0.15, 0.2) is 90.5 Å². The molecule has 1 heterocycles. The van der Waals surface area contributed by atoms with Crippen molar-refractivity contribution in [2.75, 3.05) is 13.9 Å². The topological polar surface area (TPSA) is 82.1 Å². The number of benzene rings is 4. The fraction of sp³-hybridized carbons (Fsp3) is 0.103. The van der Waals surface area contributed by atoms with Crippen LogP contribution in [0.4, 0.5) is 0 Å². The molecular weight excluding hydrogens is 444 g/mol. The lowest BCUT2D eigenvalue weighted by Crippen LogP contribution is -2.14. The molecule has 6 nitrogen and oxygen atoms in total. The highest BCUT2D eigenvalue weighted by Gasteiger charge is 2.26. The molecule has 6 heteroatoms. The second kappa shape index (κ2) is 9.35. The minimum atomic E-state index is -1.19. The van der Waals surface area contributed by atoms with Crippen LogP contribution in [0.25, 0.3) is 16.3 Å². The lowest BCUT2D eigenvalue weighted by atomic mass is 9.89. The third-order valence-corrected chi connectivity index (χ3v) is 6.00. The molecule has 0 radical (unpaired) electrons. The van der Waals surface area contributed by atoms with Crippen molar-refractivity contribution in [1.82, 2.24) is 0 Å². The highest BCUT2D eigenvalue weighted by atomic mass is 16.7. The van der Waals surface area contributed by atoms with Crippen LogP contribution in [-0.4, -0.2) is 30.8 Å². The third-order valence-electron chi connectivity index (χ3n) is 6.00. The highest BCUT2D eigenvalue weighted by molar-refractivity contribution is 6.26. The van der Waals surface area contributed by atoms with E-state index in [4.69, 9.17) is 14.2 Å². The molecule has 0 spiro atoms. The average Bonchev–Trinajstić information content (AvgIpc) is 3.36. The van der Waals surface area contributed by atoms with Gasteiger partial charge in [0, 0.05) is 17.6 Å². The highest BCUT2D eigenvalue weighted by Crippen LogP contribution is 2.36. The first-order valence-corrected chi connectivity index (χ1v) is 11.1. The second-order valence-corrected chi connectivity index (χ2v) is 8.14. The maximum atomic E-state index is 13.7. The molecular formula is C29H22O6. The lowest BCUT2D eigenvalue weighted by Gasteiger charge is -2.14. The first kappa shape index (κ1) is 22.2. The quantitative estimate of drug-likeness (QED) is 0.284. The van der Waals surface area contributed by atoms with E-state index in [2.05, 4.69) is 0 Å². The Hall–Kier alpha value is -4.58. The summed E-state index contributed by atoms with van der Waals surface area (Å²) in [5.74, 6) is 0.0347. The number of carboxylic acid groups (broad SMARTS) is 1. The molecule has 1 aliphatic rings. The summed E-state index contributed by atoms with van der Waals surface area (Å²) in [5.41, 5.74) is 1.69. The number of fused-ring (bicyclic) bond motifs is 2. The van der Waals surface area contributed by atoms with E-state index in [1.54, 1.807) is 49.6 Å². The van der Waals surface area contributed by atoms with Crippen LogP contribution in [0.3, 0.4) is 0 Å². The van der Waals surface area contributed by atoms with Gasteiger partial charge in [0.15, 0.2) is 17.3 Å². The van der Waals surface area contributed by atoms with Crippen LogP contribution in [0.5, 0.6) is 17.2 Å². The maximum Gasteiger partial charge on any atom is 0.336 e. The summed E-state index contributed by atoms with van der Waals surface area (Å²) < 4.78 is 16.0. The number of rotatable bonds is 7. The number of Topliss-reactive ketones (excluding diaryl/α,β-unsaturated/α-hetero) is 1. The zero-order chi connectivity index (χ0) is 24.4. The van der Waals surface area contributed by atoms with Crippen LogP contribution in [-0.2, 0) is 11.2 Å². The first-order chi connectivity index (χ1) is 17.0. The number of hydrogen-bond acceptors (Lipinski definition) is 5. The number of ether oxygens (including phenoxy) is 3. The zero-order valence-electron chi connectivity index (χ0n) is 19.0. The Labute approximate surface area is 202 Å². The number of methoxy groups -OCH3 is 1. The normalized spacial score (nSPS) is 12.8. The van der Waals surface area contributed by atoms with Crippen LogP contribution in [0.1, 0.15) is 21.5 Å². The Kier molecular flexibility index (Phi) is 5.94. The summed E-state index contributed by atoms with van der Waals surface area (Å²) in [6, 6.07) is 25.3. The van der Waals surface area contributed by atoms with E-state index in [1.807, 2.05) is 42.5 Å². The molecule has 0 fully saturated rings. The van der Waals surface area contributed by atoms with Crippen molar-refractivity contribution < 1.29 is 28.9 Å². The van der Waals surface area contributed by atoms with Crippen LogP contribution >= 0.6 is 0 Å². The molecule has 4 aromatic carbocycles. The molecule has 5 rings (SSSR count). The van der Waals surface area contributed by atoms with Gasteiger partial charge in [0.2, 0.25) is 6.79 Å². The fourth-order valence-electron chi connectivity index (χ4n) is 4.23. The van der Waals surface area contributed by atoms with Gasteiger partial charge in [-0.05, 0) is 58.3 Å². The summed E-state index contributed by atoms with van der Waals surface area (Å²) in [5, 5.41) is 12.4. The number of hydrogen-bond donors (Lipinski definition) is 1. The van der Waals surface area contributed by atoms with Gasteiger partial charge in [0.1, 0.15) is 5.75 Å². The largest absolute Gasteiger partial charge is 0.497 e. The average molecular weight is 466 g/mol. The van der Waals surface area contributed by atoms with Gasteiger partial charge >= 0.3 is 5.97 Å². The molecule has 4 aromatic rings. The molecule has 1 aliphatic heterocycles. The number of ketones is 1. The van der Waals surface area contributed by atoms with Gasteiger partial charge in [-0.15, -0.1) is 0 Å². The Morgan fingerprint density at radius 1 is 0.829 bits per heavy atom. The summed E-state index contributed by atoms with van der Waals surface area (Å²) in [4.78, 5) is 26.3. The van der Waals surface area contributed by atoms with Gasteiger partial charge in [-0.25, -0.2) is 4.79 Å². The first-order valence-electron chi connectivity index (χ1n) is 11.1. The van der Waals surface area contributed by atoms with Crippen molar-refractivity contribution in [3.8, 4) is 17.2 Å². The number of aliphatic carboxylic acids is 1. The van der Waals surface area contributed by atoms with Crippen molar-refractivity contribution in [3.63, 3.8) is 0 Å². The van der Waals surface area contributed by atoms with E-state index < -0.39 is 5.97 Å². The predicted molar refractivity (Wildman–Crippen MR) is 132 cm³/mol. The van der Waals surface area contributed by atoms with Crippen molar-refractivity contribution in [3.05, 3.63) is 107 Å². The molecule has 0 aromatic heterocycles. The van der Waals surface area contributed by atoms with Gasteiger partial charge in [-0.3, -0.25) is 4.79 Å². The summed E-state index contributed by atoms with van der Waals surface area (Å²) >= 11 is 0. The summed E-state index contributed by atoms with van der Waals surface area (Å²) in [6.45, 7) is 0.0691. The minimum Gasteiger partial charge on any atom is -0.497 e. The maximum absolute atomic E-state index is 13.7. The van der Waals surface area contributed by atoms with Crippen molar-refractivity contribution in [1.29, 1.82) is 0 Å². The Balaban J connectivity index is 1.66. The Morgan fingerprint density at radius 2 is 1.54 bits per heavy atom. The van der Waals surface area contributed by atoms with E-state index in [0.717, 1.165) is 16.3 Å². The summed E-state index contributed by atoms with van der Waals surface area (Å²) in [7, 11) is 1.55. The fourth-order valence-corrected chi connectivity index (χ4v) is 4.23. The van der Waals surface area contributed by atoms with Gasteiger partial charge in [0.05, 0.1) is 12.7 Å². The van der Waals surface area contributed by atoms with Gasteiger partial charge in [-0.1, -0.05) is 48.5 Å². The number of allylic oxidation sites excluding steroid dienone is 1. The van der Waals surface area contributed by atoms with E-state index in [1.165, 1.54) is 0 Å². The molecule has 0 atom stereocenters. The Morgan fingerprint density at radius 3 is 2.29 bits per heavy atom. The van der Waals surface area contributed by atoms with Crippen molar-refractivity contribution >= 4 is 28.1 Å².